The molecule has 4 heteroatoms. The highest BCUT2D eigenvalue weighted by molar-refractivity contribution is 5.74. The van der Waals surface area contributed by atoms with Crippen molar-refractivity contribution in [2.24, 2.45) is 0 Å². The van der Waals surface area contributed by atoms with Gasteiger partial charge in [0.1, 0.15) is 6.10 Å². The lowest BCUT2D eigenvalue weighted by Gasteiger charge is -2.30. The van der Waals surface area contributed by atoms with E-state index in [1.807, 2.05) is 6.08 Å². The summed E-state index contributed by atoms with van der Waals surface area (Å²) in [4.78, 5) is 13.4. The number of aliphatic hydroxyl groups excluding tert-OH is 1. The van der Waals surface area contributed by atoms with Crippen LogP contribution in [0.2, 0.25) is 0 Å². The van der Waals surface area contributed by atoms with Gasteiger partial charge in [0, 0.05) is 0 Å². The average molecular weight is 195 g/mol. The van der Waals surface area contributed by atoms with Crippen molar-refractivity contribution in [1.29, 1.82) is 0 Å². The lowest BCUT2D eigenvalue weighted by atomic mass is 9.92. The van der Waals surface area contributed by atoms with Crippen LogP contribution in [-0.2, 0) is 4.74 Å². The zero-order chi connectivity index (χ0) is 9.76. The molecule has 0 saturated carbocycles. The van der Waals surface area contributed by atoms with Gasteiger partial charge in [-0.2, -0.15) is 0 Å². The Morgan fingerprint density at radius 3 is 3.36 bits per heavy atom. The van der Waals surface area contributed by atoms with Crippen LogP contribution in [-0.4, -0.2) is 40.4 Å². The Morgan fingerprint density at radius 2 is 2.57 bits per heavy atom. The van der Waals surface area contributed by atoms with Gasteiger partial charge in [-0.25, -0.2) is 4.79 Å². The van der Waals surface area contributed by atoms with Gasteiger partial charge in [-0.05, 0) is 25.3 Å². The molecular weight excluding hydrogens is 182 g/mol. The van der Waals surface area contributed by atoms with E-state index in [-0.39, 0.29) is 30.4 Å². The van der Waals surface area contributed by atoms with E-state index in [4.69, 9.17) is 4.74 Å². The lowest BCUT2D eigenvalue weighted by molar-refractivity contribution is 0.120. The minimum Gasteiger partial charge on any atom is -0.439 e. The minimum absolute atomic E-state index is 0.0348. The Hall–Kier alpha value is -1.03. The third-order valence-corrected chi connectivity index (χ3v) is 3.70. The van der Waals surface area contributed by atoms with Crippen molar-refractivity contribution >= 4 is 6.09 Å². The van der Waals surface area contributed by atoms with Crippen LogP contribution in [0.25, 0.3) is 0 Å². The molecule has 0 unspecified atom stereocenters. The number of hydrogen-bond donors (Lipinski definition) is 1. The molecule has 0 bridgehead atoms. The predicted molar refractivity (Wildman–Crippen MR) is 48.7 cm³/mol. The molecule has 1 spiro atoms. The molecule has 3 aliphatic rings. The van der Waals surface area contributed by atoms with E-state index >= 15 is 0 Å². The van der Waals surface area contributed by atoms with E-state index in [9.17, 15) is 9.90 Å². The van der Waals surface area contributed by atoms with E-state index in [1.54, 1.807) is 4.90 Å². The summed E-state index contributed by atoms with van der Waals surface area (Å²) in [5, 5.41) is 9.18. The number of amides is 1. The van der Waals surface area contributed by atoms with E-state index in [0.29, 0.717) is 0 Å². The summed E-state index contributed by atoms with van der Waals surface area (Å²) >= 11 is 0. The van der Waals surface area contributed by atoms with Gasteiger partial charge >= 0.3 is 6.09 Å². The SMILES string of the molecule is O=C1O[C@H]2C=CC[C@]23CC[C@@H](CO)N13. The number of ether oxygens (including phenoxy) is 1. The van der Waals surface area contributed by atoms with Gasteiger partial charge in [-0.15, -0.1) is 0 Å². The topological polar surface area (TPSA) is 49.8 Å². The maximum atomic E-state index is 11.6. The molecule has 0 aromatic rings. The molecule has 1 aliphatic carbocycles. The predicted octanol–water partition coefficient (Wildman–Crippen LogP) is 0.661. The first-order chi connectivity index (χ1) is 6.78. The van der Waals surface area contributed by atoms with E-state index < -0.39 is 0 Å². The zero-order valence-corrected chi connectivity index (χ0v) is 7.85. The molecule has 0 radical (unpaired) electrons. The third-order valence-electron chi connectivity index (χ3n) is 3.70. The fraction of sp³-hybridized carbons (Fsp3) is 0.700. The Balaban J connectivity index is 2.00. The van der Waals surface area contributed by atoms with Crippen LogP contribution in [0.5, 0.6) is 0 Å². The highest BCUT2D eigenvalue weighted by Crippen LogP contribution is 2.48. The number of nitrogens with zero attached hydrogens (tertiary/aromatic N) is 1. The fourth-order valence-electron chi connectivity index (χ4n) is 3.02. The molecule has 2 saturated heterocycles. The smallest absolute Gasteiger partial charge is 0.411 e. The second-order valence-corrected chi connectivity index (χ2v) is 4.29. The van der Waals surface area contributed by atoms with Crippen molar-refractivity contribution in [2.75, 3.05) is 6.61 Å². The zero-order valence-electron chi connectivity index (χ0n) is 7.85. The average Bonchev–Trinajstić information content (AvgIpc) is 2.77. The molecule has 76 valence electrons. The van der Waals surface area contributed by atoms with Crippen LogP contribution < -0.4 is 0 Å². The van der Waals surface area contributed by atoms with Gasteiger partial charge in [-0.1, -0.05) is 6.08 Å². The molecule has 4 nitrogen and oxygen atoms in total. The van der Waals surface area contributed by atoms with Gasteiger partial charge in [0.05, 0.1) is 18.2 Å². The lowest BCUT2D eigenvalue weighted by Crippen LogP contribution is -2.47. The van der Waals surface area contributed by atoms with Crippen molar-refractivity contribution in [2.45, 2.75) is 36.9 Å². The van der Waals surface area contributed by atoms with Gasteiger partial charge in [0.15, 0.2) is 0 Å². The van der Waals surface area contributed by atoms with Crippen LogP contribution in [0.4, 0.5) is 4.79 Å². The molecule has 3 atom stereocenters. The highest BCUT2D eigenvalue weighted by atomic mass is 16.6. The quantitative estimate of drug-likeness (QED) is 0.625. The third kappa shape index (κ3) is 0.756. The summed E-state index contributed by atoms with van der Waals surface area (Å²) in [6, 6.07) is -0.0348. The molecule has 14 heavy (non-hydrogen) atoms. The summed E-state index contributed by atoms with van der Waals surface area (Å²) in [6.45, 7) is 0.0452. The van der Waals surface area contributed by atoms with Crippen LogP contribution in [0.3, 0.4) is 0 Å². The minimum atomic E-state index is -0.254. The van der Waals surface area contributed by atoms with Gasteiger partial charge in [0.25, 0.3) is 0 Å². The monoisotopic (exact) mass is 195 g/mol. The molecule has 0 aromatic heterocycles. The molecular formula is C10H13NO3. The molecule has 0 aromatic carbocycles. The molecule has 2 fully saturated rings. The van der Waals surface area contributed by atoms with Crippen molar-refractivity contribution in [3.63, 3.8) is 0 Å². The van der Waals surface area contributed by atoms with Gasteiger partial charge < -0.3 is 9.84 Å². The van der Waals surface area contributed by atoms with Crippen LogP contribution in [0.1, 0.15) is 19.3 Å². The second kappa shape index (κ2) is 2.51. The Bertz CT molecular complexity index is 314. The summed E-state index contributed by atoms with van der Waals surface area (Å²) in [5.41, 5.74) is -0.148. The van der Waals surface area contributed by atoms with Crippen molar-refractivity contribution in [1.82, 2.24) is 4.90 Å². The van der Waals surface area contributed by atoms with Crippen molar-refractivity contribution in [3.05, 3.63) is 12.2 Å². The number of carbonyl (C=O) groups is 1. The maximum Gasteiger partial charge on any atom is 0.411 e. The fourth-order valence-corrected chi connectivity index (χ4v) is 3.02. The molecule has 3 rings (SSSR count). The molecule has 1 N–H and O–H groups in total. The summed E-state index contributed by atoms with van der Waals surface area (Å²) in [7, 11) is 0. The Kier molecular flexibility index (Phi) is 1.49. The Morgan fingerprint density at radius 1 is 1.71 bits per heavy atom. The maximum absolute atomic E-state index is 11.6. The number of aliphatic hydroxyl groups is 1. The van der Waals surface area contributed by atoms with E-state index in [1.165, 1.54) is 0 Å². The number of rotatable bonds is 1. The van der Waals surface area contributed by atoms with Crippen molar-refractivity contribution < 1.29 is 14.6 Å². The van der Waals surface area contributed by atoms with Crippen LogP contribution >= 0.6 is 0 Å². The molecule has 2 heterocycles. The highest BCUT2D eigenvalue weighted by Gasteiger charge is 2.60. The molecule has 2 aliphatic heterocycles. The second-order valence-electron chi connectivity index (χ2n) is 4.29. The van der Waals surface area contributed by atoms with Gasteiger partial charge in [0.2, 0.25) is 0 Å². The summed E-state index contributed by atoms with van der Waals surface area (Å²) in [6.07, 6.45) is 6.43. The first kappa shape index (κ1) is 8.29. The van der Waals surface area contributed by atoms with Crippen LogP contribution in [0.15, 0.2) is 12.2 Å². The standard InChI is InChI=1S/C10H13NO3/c12-6-7-3-5-10-4-1-2-8(10)14-9(13)11(7)10/h1-2,7-8,12H,3-6H2/t7-,8-,10-/m0/s1. The van der Waals surface area contributed by atoms with Crippen molar-refractivity contribution in [3.8, 4) is 0 Å². The number of carbonyl (C=O) groups excluding carboxylic acids is 1. The molecule has 1 amide bonds. The summed E-state index contributed by atoms with van der Waals surface area (Å²) < 4.78 is 5.26. The first-order valence-corrected chi connectivity index (χ1v) is 5.05. The van der Waals surface area contributed by atoms with Crippen LogP contribution in [0, 0.1) is 0 Å². The largest absolute Gasteiger partial charge is 0.439 e. The number of hydrogen-bond acceptors (Lipinski definition) is 3. The Labute approximate surface area is 82.1 Å². The summed E-state index contributed by atoms with van der Waals surface area (Å²) in [5.74, 6) is 0. The van der Waals surface area contributed by atoms with E-state index in [2.05, 4.69) is 6.08 Å². The van der Waals surface area contributed by atoms with E-state index in [0.717, 1.165) is 19.3 Å². The van der Waals surface area contributed by atoms with Gasteiger partial charge in [-0.3, -0.25) is 4.90 Å². The normalized spacial score (nSPS) is 44.1. The first-order valence-electron chi connectivity index (χ1n) is 5.05.